The van der Waals surface area contributed by atoms with Crippen molar-refractivity contribution in [3.8, 4) is 11.3 Å². The van der Waals surface area contributed by atoms with Crippen LogP contribution in [0.25, 0.3) is 16.8 Å². The summed E-state index contributed by atoms with van der Waals surface area (Å²) in [5.41, 5.74) is 7.68. The van der Waals surface area contributed by atoms with Crippen LogP contribution in [0.2, 0.25) is 0 Å². The Bertz CT molecular complexity index is 1140. The summed E-state index contributed by atoms with van der Waals surface area (Å²) >= 11 is 0. The average molecular weight is 536 g/mol. The Labute approximate surface area is 236 Å². The molecule has 0 saturated heterocycles. The van der Waals surface area contributed by atoms with Crippen LogP contribution < -0.4 is 5.32 Å². The minimum absolute atomic E-state index is 0.0671. The van der Waals surface area contributed by atoms with E-state index in [9.17, 15) is 9.59 Å². The van der Waals surface area contributed by atoms with Gasteiger partial charge in [-0.2, -0.15) is 5.10 Å². The molecule has 2 aromatic rings. The van der Waals surface area contributed by atoms with Gasteiger partial charge in [-0.05, 0) is 71.5 Å². The fraction of sp³-hybridized carbons (Fsp3) is 0.469. The highest BCUT2D eigenvalue weighted by Gasteiger charge is 2.19. The first-order chi connectivity index (χ1) is 18.6. The van der Waals surface area contributed by atoms with Crippen molar-refractivity contribution in [1.82, 2.24) is 24.9 Å². The maximum atomic E-state index is 12.2. The average Bonchev–Trinajstić information content (AvgIpc) is 3.24. The zero-order valence-corrected chi connectivity index (χ0v) is 25.5. The van der Waals surface area contributed by atoms with Crippen molar-refractivity contribution in [1.29, 1.82) is 0 Å². The summed E-state index contributed by atoms with van der Waals surface area (Å²) in [6, 6.07) is 8.44. The molecule has 0 fully saturated rings. The second-order valence-corrected chi connectivity index (χ2v) is 9.83. The molecule has 0 aliphatic heterocycles. The van der Waals surface area contributed by atoms with Gasteiger partial charge in [-0.25, -0.2) is 0 Å². The molecular formula is C32H49N5O2. The number of hydrogen-bond acceptors (Lipinski definition) is 4. The third-order valence-corrected chi connectivity index (χ3v) is 5.91. The lowest BCUT2D eigenvalue weighted by atomic mass is 9.99. The van der Waals surface area contributed by atoms with E-state index in [-0.39, 0.29) is 5.91 Å². The fourth-order valence-corrected chi connectivity index (χ4v) is 3.97. The number of carbonyl (C=O) groups is 2. The Morgan fingerprint density at radius 1 is 1.15 bits per heavy atom. The molecule has 0 unspecified atom stereocenters. The number of benzene rings is 1. The summed E-state index contributed by atoms with van der Waals surface area (Å²) < 4.78 is 1.98. The fourth-order valence-electron chi connectivity index (χ4n) is 3.97. The first-order valence-electron chi connectivity index (χ1n) is 14.0. The molecule has 0 bridgehead atoms. The molecule has 3 rings (SSSR count). The van der Waals surface area contributed by atoms with Crippen LogP contribution in [0, 0.1) is 6.92 Å². The molecule has 214 valence electrons. The number of amides is 2. The van der Waals surface area contributed by atoms with Gasteiger partial charge in [0.25, 0.3) is 0 Å². The van der Waals surface area contributed by atoms with Crippen LogP contribution in [0.4, 0.5) is 0 Å². The Morgan fingerprint density at radius 2 is 1.85 bits per heavy atom. The molecule has 39 heavy (non-hydrogen) atoms. The Morgan fingerprint density at radius 3 is 2.38 bits per heavy atom. The SMILES string of the molecule is CCC.CCN(C(C)=O)C1=C(C)CC=CC(c2cn(CC)nc2-c2cccc(C)c2)=C1.CN(C)CCNC=O. The van der Waals surface area contributed by atoms with E-state index < -0.39 is 0 Å². The number of allylic oxidation sites excluding steroid dienone is 5. The third-order valence-electron chi connectivity index (χ3n) is 5.91. The van der Waals surface area contributed by atoms with Crippen LogP contribution >= 0.6 is 0 Å². The molecule has 0 atom stereocenters. The molecule has 1 aliphatic rings. The monoisotopic (exact) mass is 535 g/mol. The van der Waals surface area contributed by atoms with Gasteiger partial charge >= 0.3 is 0 Å². The predicted octanol–water partition coefficient (Wildman–Crippen LogP) is 6.07. The molecule has 7 nitrogen and oxygen atoms in total. The Hall–Kier alpha value is -3.45. The van der Waals surface area contributed by atoms with Crippen molar-refractivity contribution in [2.24, 2.45) is 0 Å². The second-order valence-electron chi connectivity index (χ2n) is 9.83. The quantitative estimate of drug-likeness (QED) is 0.312. The minimum atomic E-state index is 0.0671. The lowest BCUT2D eigenvalue weighted by Gasteiger charge is -2.22. The molecule has 1 N–H and O–H groups in total. The zero-order chi connectivity index (χ0) is 29.4. The highest BCUT2D eigenvalue weighted by molar-refractivity contribution is 5.86. The largest absolute Gasteiger partial charge is 0.357 e. The third kappa shape index (κ3) is 11.1. The van der Waals surface area contributed by atoms with Gasteiger partial charge in [-0.1, -0.05) is 56.2 Å². The summed E-state index contributed by atoms with van der Waals surface area (Å²) in [6.45, 7) is 17.3. The number of hydrogen-bond donors (Lipinski definition) is 1. The highest BCUT2D eigenvalue weighted by Crippen LogP contribution is 2.33. The van der Waals surface area contributed by atoms with E-state index >= 15 is 0 Å². The number of aryl methyl sites for hydroxylation is 2. The maximum Gasteiger partial charge on any atom is 0.223 e. The first kappa shape index (κ1) is 33.6. The summed E-state index contributed by atoms with van der Waals surface area (Å²) in [6.07, 6.45) is 11.4. The normalized spacial score (nSPS) is 12.5. The molecule has 1 aromatic heterocycles. The van der Waals surface area contributed by atoms with Crippen LogP contribution in [-0.4, -0.2) is 65.6 Å². The van der Waals surface area contributed by atoms with Gasteiger partial charge in [0.2, 0.25) is 12.3 Å². The van der Waals surface area contributed by atoms with Gasteiger partial charge in [-0.3, -0.25) is 14.3 Å². The second kappa shape index (κ2) is 17.9. The van der Waals surface area contributed by atoms with Crippen molar-refractivity contribution in [3.63, 3.8) is 0 Å². The summed E-state index contributed by atoms with van der Waals surface area (Å²) in [4.78, 5) is 25.7. The molecule has 1 heterocycles. The smallest absolute Gasteiger partial charge is 0.223 e. The van der Waals surface area contributed by atoms with Crippen LogP contribution in [0.5, 0.6) is 0 Å². The lowest BCUT2D eigenvalue weighted by molar-refractivity contribution is -0.126. The summed E-state index contributed by atoms with van der Waals surface area (Å²) in [5.74, 6) is 0.0671. The van der Waals surface area contributed by atoms with E-state index in [4.69, 9.17) is 5.10 Å². The topological polar surface area (TPSA) is 70.5 Å². The zero-order valence-electron chi connectivity index (χ0n) is 25.5. The van der Waals surface area contributed by atoms with E-state index in [2.05, 4.69) is 88.6 Å². The first-order valence-corrected chi connectivity index (χ1v) is 14.0. The van der Waals surface area contributed by atoms with Gasteiger partial charge in [0.15, 0.2) is 0 Å². The van der Waals surface area contributed by atoms with E-state index in [0.29, 0.717) is 13.0 Å². The van der Waals surface area contributed by atoms with E-state index in [1.165, 1.54) is 17.6 Å². The summed E-state index contributed by atoms with van der Waals surface area (Å²) in [5, 5.41) is 7.39. The molecule has 7 heteroatoms. The van der Waals surface area contributed by atoms with Gasteiger partial charge in [0.05, 0.1) is 0 Å². The number of nitrogens with zero attached hydrogens (tertiary/aromatic N) is 4. The van der Waals surface area contributed by atoms with Gasteiger partial charge in [-0.15, -0.1) is 0 Å². The Kier molecular flexibility index (Phi) is 15.5. The molecule has 0 spiro atoms. The summed E-state index contributed by atoms with van der Waals surface area (Å²) in [7, 11) is 3.93. The van der Waals surface area contributed by atoms with Gasteiger partial charge in [0.1, 0.15) is 5.69 Å². The van der Waals surface area contributed by atoms with Crippen molar-refractivity contribution < 1.29 is 9.59 Å². The van der Waals surface area contributed by atoms with Crippen LogP contribution in [0.3, 0.4) is 0 Å². The van der Waals surface area contributed by atoms with Crippen LogP contribution in [0.15, 0.2) is 60.0 Å². The van der Waals surface area contributed by atoms with Crippen molar-refractivity contribution in [3.05, 3.63) is 71.1 Å². The van der Waals surface area contributed by atoms with Crippen LogP contribution in [-0.2, 0) is 16.1 Å². The number of carbonyl (C=O) groups excluding carboxylic acids is 2. The number of nitrogens with one attached hydrogen (secondary N) is 1. The van der Waals surface area contributed by atoms with Gasteiger partial charge in [0, 0.05) is 56.1 Å². The molecule has 0 radical (unpaired) electrons. The van der Waals surface area contributed by atoms with E-state index in [1.807, 2.05) is 35.5 Å². The van der Waals surface area contributed by atoms with Crippen molar-refractivity contribution in [2.75, 3.05) is 33.7 Å². The number of aromatic nitrogens is 2. The minimum Gasteiger partial charge on any atom is -0.357 e. The molecule has 2 amide bonds. The van der Waals surface area contributed by atoms with E-state index in [1.54, 1.807) is 6.92 Å². The molecule has 1 aromatic carbocycles. The standard InChI is InChI=1S/C24H29N3O.C5H12N2O.C3H8/c1-6-26-16-22(24(25-26)21-13-8-10-17(3)14-21)20-12-9-11-18(4)23(15-20)27(7-2)19(5)28;1-7(2)4-3-6-5-8;1-3-2/h8-10,12-16H,6-7,11H2,1-5H3;5H,3-4H2,1-2H3,(H,6,8);3H2,1-2H3. The van der Waals surface area contributed by atoms with Crippen LogP contribution in [0.1, 0.15) is 65.5 Å². The van der Waals surface area contributed by atoms with Gasteiger partial charge < -0.3 is 15.1 Å². The number of likely N-dealkylation sites (N-methyl/N-ethyl adjacent to an activating group) is 2. The lowest BCUT2D eigenvalue weighted by Crippen LogP contribution is -2.27. The molecular weight excluding hydrogens is 486 g/mol. The van der Waals surface area contributed by atoms with Crippen molar-refractivity contribution in [2.45, 2.75) is 67.9 Å². The Balaban J connectivity index is 0.000000587. The number of rotatable bonds is 9. The maximum absolute atomic E-state index is 12.2. The van der Waals surface area contributed by atoms with E-state index in [0.717, 1.165) is 54.1 Å². The molecule has 1 aliphatic carbocycles. The molecule has 0 saturated carbocycles. The predicted molar refractivity (Wildman–Crippen MR) is 164 cm³/mol. The van der Waals surface area contributed by atoms with Crippen molar-refractivity contribution >= 4 is 17.9 Å². The highest BCUT2D eigenvalue weighted by atomic mass is 16.2.